The fourth-order valence-electron chi connectivity index (χ4n) is 5.91. The maximum atomic E-state index is 12.8. The quantitative estimate of drug-likeness (QED) is 0.361. The van der Waals surface area contributed by atoms with Crippen molar-refractivity contribution in [2.45, 2.75) is 87.1 Å². The van der Waals surface area contributed by atoms with Crippen LogP contribution in [0.3, 0.4) is 0 Å². The van der Waals surface area contributed by atoms with Crippen LogP contribution in [0.25, 0.3) is 0 Å². The van der Waals surface area contributed by atoms with E-state index in [9.17, 15) is 18.6 Å². The summed E-state index contributed by atoms with van der Waals surface area (Å²) in [6, 6.07) is -0.302. The lowest BCUT2D eigenvalue weighted by molar-refractivity contribution is -0.717. The number of nitrogens with two attached hydrogens (primary N) is 1. The molecular formula is C21H41N4O5S+. The van der Waals surface area contributed by atoms with Crippen LogP contribution in [0.5, 0.6) is 0 Å². The van der Waals surface area contributed by atoms with E-state index in [-0.39, 0.29) is 24.4 Å². The van der Waals surface area contributed by atoms with Crippen molar-refractivity contribution in [3.8, 4) is 0 Å². The Labute approximate surface area is 186 Å². The number of nitrogens with one attached hydrogen (secondary N) is 1. The van der Waals surface area contributed by atoms with Gasteiger partial charge in [0.2, 0.25) is 10.0 Å². The van der Waals surface area contributed by atoms with Gasteiger partial charge in [0.25, 0.3) is 0 Å². The molecule has 4 fully saturated rings. The molecule has 3 saturated heterocycles. The van der Waals surface area contributed by atoms with Gasteiger partial charge in [-0.05, 0) is 25.7 Å². The number of aliphatic hydroxyl groups excluding tert-OH is 2. The first kappa shape index (κ1) is 23.8. The summed E-state index contributed by atoms with van der Waals surface area (Å²) >= 11 is 0. The third kappa shape index (κ3) is 5.60. The largest absolute Gasteiger partial charge is 0.394 e. The second-order valence-electron chi connectivity index (χ2n) is 9.69. The number of hydrogen-bond donors (Lipinski definition) is 4. The Hall–Kier alpha value is -0.330. The molecule has 1 aliphatic carbocycles. The molecule has 5 atom stereocenters. The number of rotatable bonds is 7. The summed E-state index contributed by atoms with van der Waals surface area (Å²) in [5, 5.41) is 22.6. The molecule has 10 heteroatoms. The van der Waals surface area contributed by atoms with Gasteiger partial charge in [-0.2, -0.15) is 0 Å². The molecule has 5 N–H and O–H groups in total. The maximum Gasteiger partial charge on any atom is 0.214 e. The summed E-state index contributed by atoms with van der Waals surface area (Å²) in [4.78, 5) is 4.77. The van der Waals surface area contributed by atoms with Crippen molar-refractivity contribution in [1.82, 2.24) is 14.5 Å². The highest BCUT2D eigenvalue weighted by atomic mass is 32.2. The maximum absolute atomic E-state index is 12.8. The zero-order chi connectivity index (χ0) is 21.8. The monoisotopic (exact) mass is 461 g/mol. The number of piperidine rings is 1. The van der Waals surface area contributed by atoms with Gasteiger partial charge in [-0.3, -0.25) is 9.80 Å². The average molecular weight is 462 g/mol. The van der Waals surface area contributed by atoms with Crippen molar-refractivity contribution < 1.29 is 28.7 Å². The molecule has 4 aliphatic rings. The predicted octanol–water partition coefficient (Wildman–Crippen LogP) is -1.58. The van der Waals surface area contributed by atoms with Gasteiger partial charge in [0.05, 0.1) is 30.5 Å². The Balaban J connectivity index is 1.35. The highest BCUT2D eigenvalue weighted by Gasteiger charge is 2.47. The molecule has 3 aliphatic heterocycles. The number of nitrogens with zero attached hydrogens (tertiary/aromatic N) is 2. The second kappa shape index (κ2) is 10.7. The van der Waals surface area contributed by atoms with E-state index in [0.717, 1.165) is 45.4 Å². The molecule has 9 nitrogen and oxygen atoms in total. The normalized spacial score (nSPS) is 37.3. The van der Waals surface area contributed by atoms with E-state index in [4.69, 9.17) is 4.74 Å². The van der Waals surface area contributed by atoms with Gasteiger partial charge >= 0.3 is 0 Å². The smallest absolute Gasteiger partial charge is 0.214 e. The lowest BCUT2D eigenvalue weighted by Crippen LogP contribution is -2.95. The minimum absolute atomic E-state index is 0.147. The third-order valence-electron chi connectivity index (χ3n) is 7.75. The van der Waals surface area contributed by atoms with Gasteiger partial charge in [0, 0.05) is 39.1 Å². The standard InChI is InChI=1S/C21H40N4O5S/c26-15-18-21(27)20(25-12-10-24(11-13-25)19-8-4-5-9-22-19)17(30-18)14-23-31(28,29)16-6-2-1-3-7-16/h16-23,26-27H,1-15H2/p+1. The summed E-state index contributed by atoms with van der Waals surface area (Å²) in [7, 11) is -3.39. The Morgan fingerprint density at radius 1 is 0.935 bits per heavy atom. The zero-order valence-corrected chi connectivity index (χ0v) is 19.4. The number of quaternary nitrogens is 1. The molecule has 5 unspecified atom stereocenters. The lowest BCUT2D eigenvalue weighted by atomic mass is 10.0. The van der Waals surface area contributed by atoms with Crippen LogP contribution in [0.2, 0.25) is 0 Å². The second-order valence-corrected chi connectivity index (χ2v) is 11.7. The molecule has 3 heterocycles. The molecule has 0 spiro atoms. The van der Waals surface area contributed by atoms with Crippen molar-refractivity contribution in [2.24, 2.45) is 0 Å². The van der Waals surface area contributed by atoms with E-state index < -0.39 is 28.3 Å². The Kier molecular flexibility index (Phi) is 8.24. The summed E-state index contributed by atoms with van der Waals surface area (Å²) in [6.45, 7) is 4.60. The van der Waals surface area contributed by atoms with E-state index >= 15 is 0 Å². The molecule has 0 aromatic rings. The zero-order valence-electron chi connectivity index (χ0n) is 18.6. The number of sulfonamides is 1. The van der Waals surface area contributed by atoms with Crippen molar-refractivity contribution in [3.63, 3.8) is 0 Å². The number of piperazine rings is 1. The van der Waals surface area contributed by atoms with Crippen LogP contribution in [0.15, 0.2) is 0 Å². The fourth-order valence-corrected chi connectivity index (χ4v) is 7.50. The van der Waals surface area contributed by atoms with Gasteiger partial charge in [-0.15, -0.1) is 0 Å². The van der Waals surface area contributed by atoms with E-state index in [1.165, 1.54) is 25.8 Å². The third-order valence-corrected chi connectivity index (χ3v) is 9.67. The highest BCUT2D eigenvalue weighted by molar-refractivity contribution is 7.90. The van der Waals surface area contributed by atoms with E-state index in [1.54, 1.807) is 0 Å². The molecule has 0 radical (unpaired) electrons. The van der Waals surface area contributed by atoms with E-state index in [2.05, 4.69) is 19.8 Å². The van der Waals surface area contributed by atoms with Crippen molar-refractivity contribution in [2.75, 3.05) is 45.9 Å². The molecule has 180 valence electrons. The van der Waals surface area contributed by atoms with Gasteiger partial charge < -0.3 is 20.3 Å². The first-order valence-electron chi connectivity index (χ1n) is 12.2. The molecule has 0 amide bonds. The van der Waals surface area contributed by atoms with Crippen LogP contribution >= 0.6 is 0 Å². The molecule has 31 heavy (non-hydrogen) atoms. The Morgan fingerprint density at radius 2 is 1.61 bits per heavy atom. The Bertz CT molecular complexity index is 661. The summed E-state index contributed by atoms with van der Waals surface area (Å²) in [5.41, 5.74) is 0. The van der Waals surface area contributed by atoms with Crippen molar-refractivity contribution in [1.29, 1.82) is 0 Å². The van der Waals surface area contributed by atoms with Crippen LogP contribution in [0.1, 0.15) is 51.4 Å². The van der Waals surface area contributed by atoms with Gasteiger partial charge in [-0.1, -0.05) is 19.3 Å². The molecule has 0 bridgehead atoms. The van der Waals surface area contributed by atoms with Crippen LogP contribution in [0, 0.1) is 0 Å². The van der Waals surface area contributed by atoms with Gasteiger partial charge in [0.15, 0.2) is 0 Å². The van der Waals surface area contributed by atoms with Crippen LogP contribution in [0.4, 0.5) is 0 Å². The van der Waals surface area contributed by atoms with Gasteiger partial charge in [0.1, 0.15) is 18.4 Å². The predicted molar refractivity (Wildman–Crippen MR) is 117 cm³/mol. The van der Waals surface area contributed by atoms with Crippen LogP contribution in [-0.4, -0.2) is 110 Å². The van der Waals surface area contributed by atoms with E-state index in [0.29, 0.717) is 19.0 Å². The molecule has 0 aromatic heterocycles. The first-order chi connectivity index (χ1) is 15.0. The molecule has 0 aromatic carbocycles. The number of ether oxygens (including phenoxy) is 1. The minimum atomic E-state index is -3.39. The Morgan fingerprint density at radius 3 is 2.26 bits per heavy atom. The fraction of sp³-hybridized carbons (Fsp3) is 1.00. The summed E-state index contributed by atoms with van der Waals surface area (Å²) in [5.74, 6) is 0. The van der Waals surface area contributed by atoms with Crippen molar-refractivity contribution >= 4 is 10.0 Å². The molecule has 4 rings (SSSR count). The van der Waals surface area contributed by atoms with Crippen LogP contribution < -0.4 is 10.0 Å². The minimum Gasteiger partial charge on any atom is -0.394 e. The lowest BCUT2D eigenvalue weighted by Gasteiger charge is -2.42. The highest BCUT2D eigenvalue weighted by Crippen LogP contribution is 2.28. The molecule has 1 saturated carbocycles. The average Bonchev–Trinajstić information content (AvgIpc) is 3.14. The van der Waals surface area contributed by atoms with E-state index in [1.807, 2.05) is 0 Å². The number of hydrogen-bond acceptors (Lipinski definition) is 7. The molecular weight excluding hydrogens is 420 g/mol. The van der Waals surface area contributed by atoms with Crippen LogP contribution in [-0.2, 0) is 14.8 Å². The number of aliphatic hydroxyl groups is 2. The van der Waals surface area contributed by atoms with Gasteiger partial charge in [-0.25, -0.2) is 13.1 Å². The summed E-state index contributed by atoms with van der Waals surface area (Å²) < 4.78 is 34.3. The first-order valence-corrected chi connectivity index (χ1v) is 13.8. The van der Waals surface area contributed by atoms with Crippen molar-refractivity contribution in [3.05, 3.63) is 0 Å². The SMILES string of the molecule is O=S(=O)(NCC1OC(CO)C(O)C1N1CCN(C2CCCC[NH2+]2)CC1)C1CCCCC1. The summed E-state index contributed by atoms with van der Waals surface area (Å²) in [6.07, 6.45) is 6.88. The topological polar surface area (TPSA) is 119 Å².